The van der Waals surface area contributed by atoms with Crippen LogP contribution in [0.25, 0.3) is 6.08 Å². The van der Waals surface area contributed by atoms with Crippen LogP contribution in [-0.2, 0) is 14.3 Å². The molecule has 12 unspecified atom stereocenters. The van der Waals surface area contributed by atoms with Gasteiger partial charge in [-0.25, -0.2) is 4.79 Å². The number of fused-ring (bicyclic) bond motifs is 7. The Morgan fingerprint density at radius 2 is 1.67 bits per heavy atom. The van der Waals surface area contributed by atoms with Gasteiger partial charge >= 0.3 is 11.9 Å². The highest BCUT2D eigenvalue weighted by Gasteiger charge is 2.71. The Bertz CT molecular complexity index is 1430. The molecular formula is C39H54O7. The Labute approximate surface area is 274 Å². The highest BCUT2D eigenvalue weighted by Crippen LogP contribution is 2.75. The van der Waals surface area contributed by atoms with Crippen molar-refractivity contribution in [2.45, 2.75) is 105 Å². The molecule has 0 amide bonds. The van der Waals surface area contributed by atoms with Crippen LogP contribution >= 0.6 is 0 Å². The Morgan fingerprint density at radius 1 is 0.978 bits per heavy atom. The molecule has 4 saturated carbocycles. The van der Waals surface area contributed by atoms with Crippen molar-refractivity contribution in [2.75, 3.05) is 6.61 Å². The lowest BCUT2D eigenvalue weighted by Gasteiger charge is -2.71. The number of allylic oxidation sites excluding steroid dienone is 2. The van der Waals surface area contributed by atoms with E-state index in [0.717, 1.165) is 44.1 Å². The van der Waals surface area contributed by atoms with E-state index < -0.39 is 35.0 Å². The Hall–Kier alpha value is -2.64. The Balaban J connectivity index is 1.32. The van der Waals surface area contributed by atoms with E-state index in [9.17, 15) is 30.0 Å². The molecule has 252 valence electrons. The molecule has 0 radical (unpaired) electrons. The second-order valence-electron chi connectivity index (χ2n) is 16.8. The fraction of sp³-hybridized carbons (Fsp3) is 0.692. The summed E-state index contributed by atoms with van der Waals surface area (Å²) in [4.78, 5) is 26.0. The van der Waals surface area contributed by atoms with Gasteiger partial charge in [0.05, 0.1) is 18.1 Å². The highest BCUT2D eigenvalue weighted by atomic mass is 16.6. The Morgan fingerprint density at radius 3 is 2.33 bits per heavy atom. The van der Waals surface area contributed by atoms with Crippen molar-refractivity contribution >= 4 is 18.0 Å². The summed E-state index contributed by atoms with van der Waals surface area (Å²) in [6.07, 6.45) is 9.93. The lowest BCUT2D eigenvalue weighted by Crippen LogP contribution is -2.68. The summed E-state index contributed by atoms with van der Waals surface area (Å²) < 4.78 is 5.98. The molecule has 0 heterocycles. The minimum Gasteiger partial charge on any atom is -0.508 e. The lowest BCUT2D eigenvalue weighted by atomic mass is 9.33. The monoisotopic (exact) mass is 634 g/mol. The van der Waals surface area contributed by atoms with Crippen molar-refractivity contribution < 1.29 is 34.8 Å². The van der Waals surface area contributed by atoms with Crippen LogP contribution in [0.1, 0.15) is 98.5 Å². The largest absolute Gasteiger partial charge is 0.508 e. The number of aliphatic hydroxyl groups is 2. The molecule has 1 aromatic rings. The number of phenols is 1. The van der Waals surface area contributed by atoms with Crippen LogP contribution in [0.3, 0.4) is 0 Å². The summed E-state index contributed by atoms with van der Waals surface area (Å²) in [5, 5.41) is 43.0. The maximum atomic E-state index is 13.1. The summed E-state index contributed by atoms with van der Waals surface area (Å²) >= 11 is 0. The van der Waals surface area contributed by atoms with Crippen molar-refractivity contribution in [2.24, 2.45) is 56.7 Å². The fourth-order valence-electron chi connectivity index (χ4n) is 12.1. The average molecular weight is 635 g/mol. The van der Waals surface area contributed by atoms with Crippen LogP contribution in [0.4, 0.5) is 0 Å². The smallest absolute Gasteiger partial charge is 0.331 e. The van der Waals surface area contributed by atoms with Gasteiger partial charge in [0, 0.05) is 11.5 Å². The molecule has 7 nitrogen and oxygen atoms in total. The van der Waals surface area contributed by atoms with Crippen molar-refractivity contribution in [3.63, 3.8) is 0 Å². The zero-order chi connectivity index (χ0) is 33.4. The third-order valence-corrected chi connectivity index (χ3v) is 15.0. The van der Waals surface area contributed by atoms with Crippen molar-refractivity contribution in [3.05, 3.63) is 47.6 Å². The summed E-state index contributed by atoms with van der Waals surface area (Å²) in [5.74, 6) is 0.0165. The third-order valence-electron chi connectivity index (χ3n) is 15.0. The second kappa shape index (κ2) is 11.2. The second-order valence-corrected chi connectivity index (χ2v) is 16.8. The fourth-order valence-corrected chi connectivity index (χ4v) is 12.1. The zero-order valence-electron chi connectivity index (χ0n) is 28.5. The molecule has 0 aromatic heterocycles. The number of aliphatic hydroxyl groups excluding tert-OH is 2. The van der Waals surface area contributed by atoms with Gasteiger partial charge in [-0.05, 0) is 121 Å². The number of aromatic hydroxyl groups is 1. The summed E-state index contributed by atoms with van der Waals surface area (Å²) in [6.45, 7) is 13.5. The topological polar surface area (TPSA) is 124 Å². The van der Waals surface area contributed by atoms with Gasteiger partial charge in [0.15, 0.2) is 0 Å². The Kier molecular flexibility index (Phi) is 8.12. The van der Waals surface area contributed by atoms with Gasteiger partial charge < -0.3 is 25.2 Å². The molecule has 7 heteroatoms. The van der Waals surface area contributed by atoms with E-state index in [1.54, 1.807) is 30.3 Å². The summed E-state index contributed by atoms with van der Waals surface area (Å²) in [5.41, 5.74) is 0.0232. The first kappa shape index (κ1) is 33.3. The first-order valence-corrected chi connectivity index (χ1v) is 17.5. The molecule has 12 atom stereocenters. The van der Waals surface area contributed by atoms with E-state index in [-0.39, 0.29) is 46.4 Å². The number of hydrogen-bond donors (Lipinski definition) is 4. The van der Waals surface area contributed by atoms with Crippen LogP contribution in [0.5, 0.6) is 5.75 Å². The number of carboxylic acids is 1. The summed E-state index contributed by atoms with van der Waals surface area (Å²) in [6, 6.07) is 6.49. The average Bonchev–Trinajstić information content (AvgIpc) is 3.00. The summed E-state index contributed by atoms with van der Waals surface area (Å²) in [7, 11) is 0. The van der Waals surface area contributed by atoms with Crippen LogP contribution in [-0.4, -0.2) is 51.2 Å². The number of carboxylic acid groups (broad SMARTS) is 1. The van der Waals surface area contributed by atoms with E-state index in [1.165, 1.54) is 11.6 Å². The normalized spacial score (nSPS) is 46.7. The minimum absolute atomic E-state index is 0.0271. The number of phenolic OH excluding ortho intramolecular Hbond substituents is 1. The lowest BCUT2D eigenvalue weighted by molar-refractivity contribution is -0.249. The highest BCUT2D eigenvalue weighted by molar-refractivity contribution is 5.87. The van der Waals surface area contributed by atoms with E-state index in [0.29, 0.717) is 24.7 Å². The maximum absolute atomic E-state index is 13.1. The predicted molar refractivity (Wildman–Crippen MR) is 176 cm³/mol. The first-order chi connectivity index (χ1) is 21.6. The number of carbonyl (C=O) groups excluding carboxylic acids is 1. The molecule has 5 aliphatic rings. The number of esters is 1. The van der Waals surface area contributed by atoms with Crippen molar-refractivity contribution in [1.29, 1.82) is 0 Å². The number of benzene rings is 1. The van der Waals surface area contributed by atoms with Gasteiger partial charge in [-0.3, -0.25) is 4.79 Å². The molecular weight excluding hydrogens is 580 g/mol. The van der Waals surface area contributed by atoms with Crippen molar-refractivity contribution in [3.8, 4) is 5.75 Å². The van der Waals surface area contributed by atoms with E-state index in [1.807, 2.05) is 6.92 Å². The SMILES string of the molecule is CC1CCC2(C(=O)O)CCC3(C)C(=CCC4C5(C)CC(O)C(OC(=O)/C=C/c6ccc(O)cc6)C(C)(CO)C5CCC43C)C2C1C. The van der Waals surface area contributed by atoms with Gasteiger partial charge in [-0.1, -0.05) is 65.3 Å². The molecule has 0 aliphatic heterocycles. The number of aliphatic carboxylic acids is 1. The molecule has 0 saturated heterocycles. The number of rotatable bonds is 5. The molecule has 4 N–H and O–H groups in total. The molecule has 5 aliphatic carbocycles. The van der Waals surface area contributed by atoms with E-state index in [2.05, 4.69) is 40.7 Å². The van der Waals surface area contributed by atoms with Gasteiger partial charge in [-0.2, -0.15) is 0 Å². The number of ether oxygens (including phenoxy) is 1. The standard InChI is InChI=1S/C39H54O7/c1-23-15-18-39(34(44)45)20-19-37(5)27(32(39)24(23)2)12-13-30-35(3)21-28(42)33(36(4,22-40)29(35)16-17-38(30,37)6)46-31(43)14-9-25-7-10-26(41)11-8-25/h7-12,14,23-24,28-30,32-33,40-42H,13,15-22H2,1-6H3,(H,44,45)/b14-9+. The molecule has 4 fully saturated rings. The van der Waals surface area contributed by atoms with Crippen LogP contribution in [0, 0.1) is 56.7 Å². The van der Waals surface area contributed by atoms with Crippen LogP contribution in [0.15, 0.2) is 42.0 Å². The minimum atomic E-state index is -0.935. The van der Waals surface area contributed by atoms with Crippen LogP contribution < -0.4 is 0 Å². The van der Waals surface area contributed by atoms with Crippen LogP contribution in [0.2, 0.25) is 0 Å². The van der Waals surface area contributed by atoms with Gasteiger partial charge in [0.2, 0.25) is 0 Å². The van der Waals surface area contributed by atoms with E-state index >= 15 is 0 Å². The molecule has 1 aromatic carbocycles. The van der Waals surface area contributed by atoms with Gasteiger partial charge in [0.25, 0.3) is 0 Å². The molecule has 46 heavy (non-hydrogen) atoms. The molecule has 6 rings (SSSR count). The predicted octanol–water partition coefficient (Wildman–Crippen LogP) is 7.00. The van der Waals surface area contributed by atoms with Crippen molar-refractivity contribution in [1.82, 2.24) is 0 Å². The number of carbonyl (C=O) groups is 2. The zero-order valence-corrected chi connectivity index (χ0v) is 28.5. The van der Waals surface area contributed by atoms with Gasteiger partial charge in [-0.15, -0.1) is 0 Å². The number of hydrogen-bond acceptors (Lipinski definition) is 6. The first-order valence-electron chi connectivity index (χ1n) is 17.5. The maximum Gasteiger partial charge on any atom is 0.331 e. The molecule has 0 spiro atoms. The third kappa shape index (κ3) is 4.57. The van der Waals surface area contributed by atoms with Gasteiger partial charge in [0.1, 0.15) is 11.9 Å². The quantitative estimate of drug-likeness (QED) is 0.156. The van der Waals surface area contributed by atoms with E-state index in [4.69, 9.17) is 4.74 Å². The molecule has 0 bridgehead atoms.